The standard InChI is InChI=1S/C28H24FN7/c1-16-4-18(7-21(29)5-16)24-13-31-14-26-22(24)9-25(33-26)27-23-8-20(12-32-28(23)35-34-27)19-6-17(10-30-11-19)15-36(2)3/h4-14,33H,15H2,1-3H3,(H,32,34,35). The van der Waals surface area contributed by atoms with E-state index in [0.29, 0.717) is 5.65 Å². The van der Waals surface area contributed by atoms with Crippen molar-refractivity contribution >= 4 is 21.9 Å². The lowest BCUT2D eigenvalue weighted by Crippen LogP contribution is -2.10. The highest BCUT2D eigenvalue weighted by molar-refractivity contribution is 6.00. The maximum atomic E-state index is 14.1. The lowest BCUT2D eigenvalue weighted by Gasteiger charge is -2.10. The molecular formula is C28H24FN7. The van der Waals surface area contributed by atoms with E-state index < -0.39 is 0 Å². The normalized spacial score (nSPS) is 11.7. The van der Waals surface area contributed by atoms with E-state index in [1.165, 1.54) is 12.1 Å². The predicted molar refractivity (Wildman–Crippen MR) is 140 cm³/mol. The summed E-state index contributed by atoms with van der Waals surface area (Å²) in [7, 11) is 4.07. The van der Waals surface area contributed by atoms with Gasteiger partial charge in [-0.2, -0.15) is 5.10 Å². The Morgan fingerprint density at radius 1 is 0.833 bits per heavy atom. The van der Waals surface area contributed by atoms with Crippen molar-refractivity contribution < 1.29 is 4.39 Å². The molecule has 5 heterocycles. The zero-order valence-corrected chi connectivity index (χ0v) is 20.2. The molecule has 5 aromatic heterocycles. The fourth-order valence-corrected chi connectivity index (χ4v) is 4.66. The third kappa shape index (κ3) is 4.01. The first-order valence-corrected chi connectivity index (χ1v) is 11.6. The van der Waals surface area contributed by atoms with E-state index in [9.17, 15) is 4.39 Å². The smallest absolute Gasteiger partial charge is 0.155 e. The molecule has 0 fully saturated rings. The Morgan fingerprint density at radius 3 is 2.50 bits per heavy atom. The summed E-state index contributed by atoms with van der Waals surface area (Å²) in [5, 5.41) is 9.45. The second-order valence-corrected chi connectivity index (χ2v) is 9.36. The monoisotopic (exact) mass is 477 g/mol. The van der Waals surface area contributed by atoms with Crippen molar-refractivity contribution in [1.82, 2.24) is 35.0 Å². The SMILES string of the molecule is Cc1cc(F)cc(-c2cncc3[nH]c(-c4n[nH]c5ncc(-c6cncc(CN(C)C)c6)cc45)cc23)c1. The summed E-state index contributed by atoms with van der Waals surface area (Å²) in [6, 6.07) is 11.3. The molecule has 6 aromatic rings. The van der Waals surface area contributed by atoms with Crippen molar-refractivity contribution in [3.8, 4) is 33.6 Å². The maximum absolute atomic E-state index is 14.1. The van der Waals surface area contributed by atoms with Crippen LogP contribution < -0.4 is 0 Å². The van der Waals surface area contributed by atoms with E-state index in [0.717, 1.165) is 67.6 Å². The van der Waals surface area contributed by atoms with Gasteiger partial charge in [0.05, 0.1) is 17.4 Å². The number of benzene rings is 1. The minimum absolute atomic E-state index is 0.265. The van der Waals surface area contributed by atoms with Crippen LogP contribution in [0.25, 0.3) is 55.6 Å². The number of H-pyrrole nitrogens is 2. The van der Waals surface area contributed by atoms with Gasteiger partial charge < -0.3 is 9.88 Å². The fraction of sp³-hybridized carbons (Fsp3) is 0.143. The third-order valence-corrected chi connectivity index (χ3v) is 6.20. The Balaban J connectivity index is 1.45. The zero-order valence-electron chi connectivity index (χ0n) is 20.2. The minimum Gasteiger partial charge on any atom is -0.352 e. The van der Waals surface area contributed by atoms with Gasteiger partial charge in [0, 0.05) is 58.8 Å². The number of aromatic amines is 2. The minimum atomic E-state index is -0.265. The number of hydrogen-bond donors (Lipinski definition) is 2. The molecule has 0 bridgehead atoms. The number of rotatable bonds is 5. The van der Waals surface area contributed by atoms with Crippen LogP contribution in [0.1, 0.15) is 11.1 Å². The Morgan fingerprint density at radius 2 is 1.67 bits per heavy atom. The van der Waals surface area contributed by atoms with E-state index in [2.05, 4.69) is 47.2 Å². The highest BCUT2D eigenvalue weighted by Gasteiger charge is 2.16. The molecule has 0 radical (unpaired) electrons. The quantitative estimate of drug-likeness (QED) is 0.331. The zero-order chi connectivity index (χ0) is 24.8. The van der Waals surface area contributed by atoms with Crippen LogP contribution in [0.15, 0.2) is 67.4 Å². The highest BCUT2D eigenvalue weighted by Crippen LogP contribution is 2.34. The van der Waals surface area contributed by atoms with Crippen molar-refractivity contribution in [1.29, 1.82) is 0 Å². The van der Waals surface area contributed by atoms with Crippen molar-refractivity contribution in [2.45, 2.75) is 13.5 Å². The molecule has 0 saturated carbocycles. The summed E-state index contributed by atoms with van der Waals surface area (Å²) in [5.74, 6) is -0.265. The van der Waals surface area contributed by atoms with Gasteiger partial charge in [0.1, 0.15) is 11.5 Å². The highest BCUT2D eigenvalue weighted by atomic mass is 19.1. The molecule has 0 aliphatic carbocycles. The molecule has 0 amide bonds. The molecule has 1 aromatic carbocycles. The van der Waals surface area contributed by atoms with E-state index in [1.54, 1.807) is 12.4 Å². The second kappa shape index (κ2) is 8.66. The van der Waals surface area contributed by atoms with E-state index in [1.807, 2.05) is 51.7 Å². The number of pyridine rings is 3. The Hall–Kier alpha value is -4.43. The third-order valence-electron chi connectivity index (χ3n) is 6.20. The van der Waals surface area contributed by atoms with Gasteiger partial charge in [-0.25, -0.2) is 9.37 Å². The molecule has 178 valence electrons. The molecule has 6 rings (SSSR count). The summed E-state index contributed by atoms with van der Waals surface area (Å²) in [4.78, 5) is 19.0. The summed E-state index contributed by atoms with van der Waals surface area (Å²) in [5.41, 5.74) is 8.75. The number of hydrogen-bond acceptors (Lipinski definition) is 5. The number of aromatic nitrogens is 6. The molecular weight excluding hydrogens is 453 g/mol. The summed E-state index contributed by atoms with van der Waals surface area (Å²) < 4.78 is 14.1. The van der Waals surface area contributed by atoms with Crippen LogP contribution in [0.3, 0.4) is 0 Å². The molecule has 8 heteroatoms. The second-order valence-electron chi connectivity index (χ2n) is 9.36. The molecule has 7 nitrogen and oxygen atoms in total. The summed E-state index contributed by atoms with van der Waals surface area (Å²) >= 11 is 0. The van der Waals surface area contributed by atoms with Crippen LogP contribution in [0.2, 0.25) is 0 Å². The molecule has 0 saturated heterocycles. The molecule has 36 heavy (non-hydrogen) atoms. The topological polar surface area (TPSA) is 86.4 Å². The number of nitrogens with one attached hydrogen (secondary N) is 2. The van der Waals surface area contributed by atoms with Crippen LogP contribution in [0.4, 0.5) is 4.39 Å². The Labute approximate surface area is 207 Å². The van der Waals surface area contributed by atoms with E-state index in [4.69, 9.17) is 0 Å². The number of halogens is 1. The largest absolute Gasteiger partial charge is 0.352 e. The number of aryl methyl sites for hydroxylation is 1. The van der Waals surface area contributed by atoms with Gasteiger partial charge >= 0.3 is 0 Å². The first-order valence-electron chi connectivity index (χ1n) is 11.6. The van der Waals surface area contributed by atoms with Crippen molar-refractivity contribution in [3.05, 3.63) is 84.3 Å². The average molecular weight is 478 g/mol. The van der Waals surface area contributed by atoms with Crippen LogP contribution in [0, 0.1) is 12.7 Å². The predicted octanol–water partition coefficient (Wildman–Crippen LogP) is 5.74. The summed E-state index contributed by atoms with van der Waals surface area (Å²) in [6.07, 6.45) is 9.11. The number of fused-ring (bicyclic) bond motifs is 2. The van der Waals surface area contributed by atoms with Crippen LogP contribution in [-0.4, -0.2) is 49.1 Å². The van der Waals surface area contributed by atoms with Gasteiger partial charge in [-0.1, -0.05) is 6.07 Å². The first-order chi connectivity index (χ1) is 17.4. The van der Waals surface area contributed by atoms with Crippen molar-refractivity contribution in [3.63, 3.8) is 0 Å². The Kier molecular flexibility index (Phi) is 5.30. The molecule has 2 N–H and O–H groups in total. The maximum Gasteiger partial charge on any atom is 0.155 e. The molecule has 0 atom stereocenters. The lowest BCUT2D eigenvalue weighted by molar-refractivity contribution is 0.402. The fourth-order valence-electron chi connectivity index (χ4n) is 4.66. The lowest BCUT2D eigenvalue weighted by atomic mass is 10.0. The van der Waals surface area contributed by atoms with Gasteiger partial charge in [0.25, 0.3) is 0 Å². The van der Waals surface area contributed by atoms with Crippen LogP contribution in [-0.2, 0) is 6.54 Å². The van der Waals surface area contributed by atoms with Gasteiger partial charge in [-0.15, -0.1) is 0 Å². The van der Waals surface area contributed by atoms with Crippen molar-refractivity contribution in [2.75, 3.05) is 14.1 Å². The first kappa shape index (κ1) is 22.1. The Bertz CT molecular complexity index is 1710. The summed E-state index contributed by atoms with van der Waals surface area (Å²) in [6.45, 7) is 2.69. The molecule has 0 unspecified atom stereocenters. The molecule has 0 spiro atoms. The van der Waals surface area contributed by atoms with Crippen LogP contribution in [0.5, 0.6) is 0 Å². The molecule has 0 aliphatic rings. The number of nitrogens with zero attached hydrogens (tertiary/aromatic N) is 5. The van der Waals surface area contributed by atoms with Crippen LogP contribution >= 0.6 is 0 Å². The average Bonchev–Trinajstić information content (AvgIpc) is 3.46. The molecule has 0 aliphatic heterocycles. The van der Waals surface area contributed by atoms with Crippen molar-refractivity contribution in [2.24, 2.45) is 0 Å². The van der Waals surface area contributed by atoms with Gasteiger partial charge in [0.15, 0.2) is 5.65 Å². The van der Waals surface area contributed by atoms with E-state index in [-0.39, 0.29) is 5.82 Å². The van der Waals surface area contributed by atoms with E-state index >= 15 is 0 Å². The van der Waals surface area contributed by atoms with Gasteiger partial charge in [-0.3, -0.25) is 15.1 Å². The van der Waals surface area contributed by atoms with Gasteiger partial charge in [-0.05, 0) is 68.0 Å². The van der Waals surface area contributed by atoms with Gasteiger partial charge in [0.2, 0.25) is 0 Å².